The number of rotatable bonds is 5. The normalized spacial score (nSPS) is 13.2. The van der Waals surface area contributed by atoms with E-state index in [1.165, 1.54) is 50.1 Å². The van der Waals surface area contributed by atoms with Crippen molar-refractivity contribution in [3.8, 4) is 67.5 Å². The SMILES string of the molecule is c1ccc(-c2ccc(-c3ccccc3N(c3ccccc3)c3cccc4c3Oc3cc5c(cc3O4)C3(c4ccccc4-c4ccccc43)c3ccccc3-5)cc2)cc1. The maximum atomic E-state index is 7.11. The van der Waals surface area contributed by atoms with Crippen molar-refractivity contribution in [3.63, 3.8) is 0 Å². The van der Waals surface area contributed by atoms with Crippen LogP contribution in [-0.4, -0.2) is 0 Å². The van der Waals surface area contributed by atoms with Crippen LogP contribution >= 0.6 is 0 Å². The molecule has 3 aliphatic rings. The fourth-order valence-corrected chi connectivity index (χ4v) is 9.72. The Morgan fingerprint density at radius 3 is 1.48 bits per heavy atom. The van der Waals surface area contributed by atoms with Gasteiger partial charge in [0.2, 0.25) is 0 Å². The first-order chi connectivity index (χ1) is 28.8. The Balaban J connectivity index is 1.00. The van der Waals surface area contributed by atoms with Crippen molar-refractivity contribution in [2.45, 2.75) is 5.41 Å². The van der Waals surface area contributed by atoms with Crippen molar-refractivity contribution in [1.82, 2.24) is 0 Å². The number of fused-ring (bicyclic) bond motifs is 12. The van der Waals surface area contributed by atoms with E-state index in [1.807, 2.05) is 6.07 Å². The van der Waals surface area contributed by atoms with Gasteiger partial charge < -0.3 is 14.4 Å². The van der Waals surface area contributed by atoms with Crippen LogP contribution in [0.1, 0.15) is 22.3 Å². The zero-order valence-electron chi connectivity index (χ0n) is 31.5. The summed E-state index contributed by atoms with van der Waals surface area (Å²) in [5, 5.41) is 0. The smallest absolute Gasteiger partial charge is 0.194 e. The number of para-hydroxylation sites is 3. The molecule has 0 saturated carbocycles. The zero-order chi connectivity index (χ0) is 38.2. The van der Waals surface area contributed by atoms with Gasteiger partial charge in [0.05, 0.1) is 16.8 Å². The van der Waals surface area contributed by atoms with Crippen LogP contribution in [0.3, 0.4) is 0 Å². The molecule has 1 heterocycles. The summed E-state index contributed by atoms with van der Waals surface area (Å²) in [5.74, 6) is 2.75. The molecule has 0 bridgehead atoms. The number of hydrogen-bond acceptors (Lipinski definition) is 3. The van der Waals surface area contributed by atoms with E-state index in [1.54, 1.807) is 0 Å². The molecule has 0 fully saturated rings. The molecule has 0 saturated heterocycles. The quantitative estimate of drug-likeness (QED) is 0.175. The number of nitrogens with zero attached hydrogens (tertiary/aromatic N) is 1. The highest BCUT2D eigenvalue weighted by molar-refractivity contribution is 5.96. The molecule has 12 rings (SSSR count). The molecule has 0 radical (unpaired) electrons. The highest BCUT2D eigenvalue weighted by atomic mass is 16.6. The minimum atomic E-state index is -0.466. The molecule has 3 heteroatoms. The lowest BCUT2D eigenvalue weighted by molar-refractivity contribution is 0.360. The van der Waals surface area contributed by atoms with E-state index in [4.69, 9.17) is 9.47 Å². The molecule has 9 aromatic carbocycles. The van der Waals surface area contributed by atoms with E-state index in [-0.39, 0.29) is 0 Å². The maximum absolute atomic E-state index is 7.11. The van der Waals surface area contributed by atoms with Crippen LogP contribution in [0, 0.1) is 0 Å². The summed E-state index contributed by atoms with van der Waals surface area (Å²) in [4.78, 5) is 2.29. The first kappa shape index (κ1) is 32.6. The molecule has 2 aliphatic carbocycles. The Labute approximate surface area is 337 Å². The van der Waals surface area contributed by atoms with E-state index in [2.05, 4.69) is 211 Å². The van der Waals surface area contributed by atoms with Crippen molar-refractivity contribution in [3.05, 3.63) is 235 Å². The number of benzene rings is 9. The Bertz CT molecular complexity index is 3020. The Hall–Kier alpha value is -7.62. The number of hydrogen-bond donors (Lipinski definition) is 0. The summed E-state index contributed by atoms with van der Waals surface area (Å²) in [6, 6.07) is 75.7. The highest BCUT2D eigenvalue weighted by Gasteiger charge is 2.52. The van der Waals surface area contributed by atoms with Crippen LogP contribution < -0.4 is 14.4 Å². The monoisotopic (exact) mass is 741 g/mol. The van der Waals surface area contributed by atoms with Gasteiger partial charge in [-0.15, -0.1) is 0 Å². The van der Waals surface area contributed by atoms with Crippen molar-refractivity contribution >= 4 is 17.1 Å². The minimum absolute atomic E-state index is 0.466. The lowest BCUT2D eigenvalue weighted by atomic mass is 9.70. The Morgan fingerprint density at radius 2 is 0.810 bits per heavy atom. The molecule has 3 nitrogen and oxygen atoms in total. The molecule has 0 N–H and O–H groups in total. The number of ether oxygens (including phenoxy) is 2. The van der Waals surface area contributed by atoms with Crippen molar-refractivity contribution in [1.29, 1.82) is 0 Å². The van der Waals surface area contributed by atoms with Gasteiger partial charge in [0, 0.05) is 11.3 Å². The van der Waals surface area contributed by atoms with Crippen LogP contribution in [0.25, 0.3) is 44.5 Å². The molecule has 272 valence electrons. The zero-order valence-corrected chi connectivity index (χ0v) is 31.5. The van der Waals surface area contributed by atoms with Gasteiger partial charge in [-0.1, -0.05) is 170 Å². The molecular formula is C55H35NO2. The van der Waals surface area contributed by atoms with E-state index in [0.717, 1.165) is 33.8 Å². The third-order valence-corrected chi connectivity index (χ3v) is 12.2. The molecular weight excluding hydrogens is 707 g/mol. The van der Waals surface area contributed by atoms with Crippen LogP contribution in [0.2, 0.25) is 0 Å². The third kappa shape index (κ3) is 4.68. The van der Waals surface area contributed by atoms with E-state index in [9.17, 15) is 0 Å². The van der Waals surface area contributed by atoms with Crippen LogP contribution in [0.4, 0.5) is 17.1 Å². The lowest BCUT2D eigenvalue weighted by Gasteiger charge is -2.33. The molecule has 0 aromatic heterocycles. The molecule has 58 heavy (non-hydrogen) atoms. The van der Waals surface area contributed by atoms with Gasteiger partial charge >= 0.3 is 0 Å². The van der Waals surface area contributed by atoms with Gasteiger partial charge in [0.1, 0.15) is 0 Å². The van der Waals surface area contributed by atoms with Gasteiger partial charge in [-0.25, -0.2) is 0 Å². The summed E-state index contributed by atoms with van der Waals surface area (Å²) in [5.41, 5.74) is 17.1. The average Bonchev–Trinajstić information content (AvgIpc) is 3.75. The second-order valence-corrected chi connectivity index (χ2v) is 15.2. The summed E-state index contributed by atoms with van der Waals surface area (Å²) in [6.45, 7) is 0. The third-order valence-electron chi connectivity index (χ3n) is 12.2. The first-order valence-corrected chi connectivity index (χ1v) is 19.8. The lowest BCUT2D eigenvalue weighted by Crippen LogP contribution is -2.25. The van der Waals surface area contributed by atoms with Crippen molar-refractivity contribution in [2.24, 2.45) is 0 Å². The fraction of sp³-hybridized carbons (Fsp3) is 0.0182. The summed E-state index contributed by atoms with van der Waals surface area (Å²) >= 11 is 0. The van der Waals surface area contributed by atoms with Gasteiger partial charge in [-0.3, -0.25) is 0 Å². The second kappa shape index (κ2) is 12.7. The van der Waals surface area contributed by atoms with Crippen molar-refractivity contribution in [2.75, 3.05) is 4.90 Å². The van der Waals surface area contributed by atoms with Gasteiger partial charge in [-0.05, 0) is 104 Å². The van der Waals surface area contributed by atoms with Gasteiger partial charge in [0.25, 0.3) is 0 Å². The van der Waals surface area contributed by atoms with Gasteiger partial charge in [0.15, 0.2) is 23.0 Å². The molecule has 9 aromatic rings. The topological polar surface area (TPSA) is 21.7 Å². The Kier molecular flexibility index (Phi) is 7.14. The summed E-state index contributed by atoms with van der Waals surface area (Å²) in [7, 11) is 0. The number of anilines is 3. The molecule has 1 spiro atoms. The largest absolute Gasteiger partial charge is 0.449 e. The van der Waals surface area contributed by atoms with Gasteiger partial charge in [-0.2, -0.15) is 0 Å². The highest BCUT2D eigenvalue weighted by Crippen LogP contribution is 2.65. The van der Waals surface area contributed by atoms with Crippen LogP contribution in [0.5, 0.6) is 23.0 Å². The fourth-order valence-electron chi connectivity index (χ4n) is 9.72. The van der Waals surface area contributed by atoms with E-state index in [0.29, 0.717) is 23.0 Å². The van der Waals surface area contributed by atoms with Crippen LogP contribution in [-0.2, 0) is 5.41 Å². The van der Waals surface area contributed by atoms with Crippen molar-refractivity contribution < 1.29 is 9.47 Å². The average molecular weight is 742 g/mol. The second-order valence-electron chi connectivity index (χ2n) is 15.2. The summed E-state index contributed by atoms with van der Waals surface area (Å²) < 4.78 is 14.1. The predicted octanol–water partition coefficient (Wildman–Crippen LogP) is 14.7. The standard InChI is InChI=1S/C55H35NO2/c1-3-16-36(17-4-1)37-30-32-38(33-31-37)40-20-10-14-27-49(40)56(39-18-5-2-6-19-39)50-28-15-29-51-54(50)58-52-34-44-43-23-9-13-26-47(43)55(48(44)35-53(52)57-51)45-24-11-7-21-41(45)42-22-8-12-25-46(42)55/h1-35H. The van der Waals surface area contributed by atoms with E-state index >= 15 is 0 Å². The predicted molar refractivity (Wildman–Crippen MR) is 235 cm³/mol. The summed E-state index contributed by atoms with van der Waals surface area (Å²) in [6.07, 6.45) is 0. The molecule has 0 atom stereocenters. The molecule has 0 amide bonds. The minimum Gasteiger partial charge on any atom is -0.449 e. The first-order valence-electron chi connectivity index (χ1n) is 19.8. The molecule has 0 unspecified atom stereocenters. The maximum Gasteiger partial charge on any atom is 0.194 e. The Morgan fingerprint density at radius 1 is 0.310 bits per heavy atom. The van der Waals surface area contributed by atoms with Crippen LogP contribution in [0.15, 0.2) is 212 Å². The van der Waals surface area contributed by atoms with E-state index < -0.39 is 5.41 Å². The molecule has 1 aliphatic heterocycles.